The molecule has 2 heterocycles. The zero-order valence-corrected chi connectivity index (χ0v) is 10.9. The van der Waals surface area contributed by atoms with Gasteiger partial charge in [0.1, 0.15) is 0 Å². The average molecular weight is 302 g/mol. The number of hydrogen-bond acceptors (Lipinski definition) is 4. The lowest BCUT2D eigenvalue weighted by atomic mass is 9.96. The molecule has 0 amide bonds. The first kappa shape index (κ1) is 11.9. The highest BCUT2D eigenvalue weighted by atomic mass is 79.9. The Labute approximate surface area is 106 Å². The van der Waals surface area contributed by atoms with Crippen molar-refractivity contribution in [3.8, 4) is 0 Å². The standard InChI is InChI=1S/C11H12BrNO2S/c12-11-7(3-4-15-11)10(14)8(6-13)9-2-1-5-16-9/h1-5,8,10,14H,6,13H2. The molecule has 0 aliphatic rings. The topological polar surface area (TPSA) is 59.4 Å². The molecule has 2 atom stereocenters. The van der Waals surface area contributed by atoms with Crippen molar-refractivity contribution in [2.75, 3.05) is 6.54 Å². The van der Waals surface area contributed by atoms with Crippen molar-refractivity contribution < 1.29 is 9.52 Å². The van der Waals surface area contributed by atoms with E-state index < -0.39 is 6.10 Å². The van der Waals surface area contributed by atoms with Crippen LogP contribution in [0.3, 0.4) is 0 Å². The Bertz CT molecular complexity index is 441. The highest BCUT2D eigenvalue weighted by Crippen LogP contribution is 2.36. The normalized spacial score (nSPS) is 14.9. The molecule has 2 rings (SSSR count). The van der Waals surface area contributed by atoms with Gasteiger partial charge in [-0.15, -0.1) is 11.3 Å². The van der Waals surface area contributed by atoms with E-state index in [1.165, 1.54) is 0 Å². The minimum atomic E-state index is -0.642. The van der Waals surface area contributed by atoms with Crippen LogP contribution in [0.5, 0.6) is 0 Å². The van der Waals surface area contributed by atoms with Crippen LogP contribution in [0.1, 0.15) is 22.5 Å². The van der Waals surface area contributed by atoms with E-state index in [-0.39, 0.29) is 5.92 Å². The van der Waals surface area contributed by atoms with Crippen LogP contribution < -0.4 is 5.73 Å². The molecule has 0 spiro atoms. The Morgan fingerprint density at radius 2 is 2.31 bits per heavy atom. The maximum Gasteiger partial charge on any atom is 0.174 e. The predicted molar refractivity (Wildman–Crippen MR) is 67.5 cm³/mol. The predicted octanol–water partition coefficient (Wildman–Crippen LogP) is 2.88. The highest BCUT2D eigenvalue weighted by molar-refractivity contribution is 9.10. The third kappa shape index (κ3) is 2.22. The SMILES string of the molecule is NCC(c1cccs1)C(O)c1ccoc1Br. The van der Waals surface area contributed by atoms with Gasteiger partial charge in [0.15, 0.2) is 4.67 Å². The first-order chi connectivity index (χ1) is 7.74. The van der Waals surface area contributed by atoms with E-state index in [0.717, 1.165) is 10.4 Å². The van der Waals surface area contributed by atoms with Crippen LogP contribution >= 0.6 is 27.3 Å². The summed E-state index contributed by atoms with van der Waals surface area (Å²) in [6.07, 6.45) is 0.904. The van der Waals surface area contributed by atoms with E-state index >= 15 is 0 Å². The molecule has 5 heteroatoms. The summed E-state index contributed by atoms with van der Waals surface area (Å²) in [4.78, 5) is 1.09. The first-order valence-electron chi connectivity index (χ1n) is 4.88. The van der Waals surface area contributed by atoms with Gasteiger partial charge >= 0.3 is 0 Å². The Balaban J connectivity index is 2.26. The molecule has 0 saturated carbocycles. The van der Waals surface area contributed by atoms with Crippen LogP contribution in [0, 0.1) is 0 Å². The van der Waals surface area contributed by atoms with Crippen LogP contribution in [-0.4, -0.2) is 11.7 Å². The van der Waals surface area contributed by atoms with Crippen LogP contribution in [0.4, 0.5) is 0 Å². The molecule has 2 aromatic rings. The van der Waals surface area contributed by atoms with Crippen LogP contribution in [-0.2, 0) is 0 Å². The molecule has 16 heavy (non-hydrogen) atoms. The number of furan rings is 1. The fourth-order valence-electron chi connectivity index (χ4n) is 1.64. The summed E-state index contributed by atoms with van der Waals surface area (Å²) in [5.41, 5.74) is 6.46. The number of aliphatic hydroxyl groups is 1. The third-order valence-electron chi connectivity index (χ3n) is 2.51. The molecule has 86 valence electrons. The molecular formula is C11H12BrNO2S. The lowest BCUT2D eigenvalue weighted by molar-refractivity contribution is 0.147. The molecule has 3 N–H and O–H groups in total. The highest BCUT2D eigenvalue weighted by Gasteiger charge is 2.25. The molecule has 3 nitrogen and oxygen atoms in total. The van der Waals surface area contributed by atoms with Crippen LogP contribution in [0.2, 0.25) is 0 Å². The van der Waals surface area contributed by atoms with Crippen molar-refractivity contribution >= 4 is 27.3 Å². The first-order valence-corrected chi connectivity index (χ1v) is 6.55. The molecule has 0 aromatic carbocycles. The van der Waals surface area contributed by atoms with Gasteiger partial charge in [0, 0.05) is 22.9 Å². The molecule has 0 aliphatic heterocycles. The Kier molecular flexibility index (Phi) is 3.81. The average Bonchev–Trinajstić information content (AvgIpc) is 2.90. The van der Waals surface area contributed by atoms with Gasteiger partial charge in [0.2, 0.25) is 0 Å². The molecule has 0 aliphatic carbocycles. The Hall–Kier alpha value is -0.620. The van der Waals surface area contributed by atoms with E-state index in [1.54, 1.807) is 23.7 Å². The van der Waals surface area contributed by atoms with Crippen LogP contribution in [0.25, 0.3) is 0 Å². The van der Waals surface area contributed by atoms with E-state index in [0.29, 0.717) is 11.2 Å². The third-order valence-corrected chi connectivity index (χ3v) is 4.16. The van der Waals surface area contributed by atoms with Crippen molar-refractivity contribution in [3.05, 3.63) is 45.0 Å². The number of thiophene rings is 1. The van der Waals surface area contributed by atoms with E-state index in [9.17, 15) is 5.11 Å². The molecule has 0 saturated heterocycles. The minimum Gasteiger partial charge on any atom is -0.457 e. The van der Waals surface area contributed by atoms with Gasteiger partial charge < -0.3 is 15.3 Å². The summed E-state index contributed by atoms with van der Waals surface area (Å²) in [6.45, 7) is 0.402. The Morgan fingerprint density at radius 1 is 1.50 bits per heavy atom. The monoisotopic (exact) mass is 301 g/mol. The summed E-state index contributed by atoms with van der Waals surface area (Å²) in [6, 6.07) is 5.70. The zero-order valence-electron chi connectivity index (χ0n) is 8.47. The number of rotatable bonds is 4. The number of aliphatic hydroxyl groups excluding tert-OH is 1. The largest absolute Gasteiger partial charge is 0.457 e. The molecule has 2 aromatic heterocycles. The van der Waals surface area contributed by atoms with Crippen molar-refractivity contribution in [3.63, 3.8) is 0 Å². The Morgan fingerprint density at radius 3 is 2.81 bits per heavy atom. The van der Waals surface area contributed by atoms with Gasteiger partial charge in [-0.25, -0.2) is 0 Å². The molecule has 2 unspecified atom stereocenters. The number of halogens is 1. The van der Waals surface area contributed by atoms with Gasteiger partial charge in [0.25, 0.3) is 0 Å². The summed E-state index contributed by atoms with van der Waals surface area (Å²) in [5, 5.41) is 12.2. The number of nitrogens with two attached hydrogens (primary N) is 1. The van der Waals surface area contributed by atoms with Crippen molar-refractivity contribution in [1.82, 2.24) is 0 Å². The van der Waals surface area contributed by atoms with Crippen LogP contribution in [0.15, 0.2) is 38.9 Å². The van der Waals surface area contributed by atoms with Crippen molar-refractivity contribution in [1.29, 1.82) is 0 Å². The van der Waals surface area contributed by atoms with Gasteiger partial charge in [-0.1, -0.05) is 6.07 Å². The van der Waals surface area contributed by atoms with Crippen molar-refractivity contribution in [2.45, 2.75) is 12.0 Å². The summed E-state index contributed by atoms with van der Waals surface area (Å²) in [5.74, 6) is -0.0890. The fourth-order valence-corrected chi connectivity index (χ4v) is 2.98. The maximum atomic E-state index is 10.3. The smallest absolute Gasteiger partial charge is 0.174 e. The second-order valence-electron chi connectivity index (χ2n) is 3.45. The van der Waals surface area contributed by atoms with Gasteiger partial charge in [0.05, 0.1) is 12.4 Å². The molecule has 0 radical (unpaired) electrons. The quantitative estimate of drug-likeness (QED) is 0.913. The van der Waals surface area contributed by atoms with E-state index in [2.05, 4.69) is 15.9 Å². The molecule has 0 fully saturated rings. The molecular weight excluding hydrogens is 290 g/mol. The zero-order chi connectivity index (χ0) is 11.5. The summed E-state index contributed by atoms with van der Waals surface area (Å²) >= 11 is 4.86. The van der Waals surface area contributed by atoms with Crippen molar-refractivity contribution in [2.24, 2.45) is 5.73 Å². The second-order valence-corrected chi connectivity index (χ2v) is 5.15. The summed E-state index contributed by atoms with van der Waals surface area (Å²) in [7, 11) is 0. The van der Waals surface area contributed by atoms with E-state index in [1.807, 2.05) is 17.5 Å². The number of hydrogen-bond donors (Lipinski definition) is 2. The lowest BCUT2D eigenvalue weighted by Gasteiger charge is -2.19. The summed E-state index contributed by atoms with van der Waals surface area (Å²) < 4.78 is 5.68. The van der Waals surface area contributed by atoms with E-state index in [4.69, 9.17) is 10.2 Å². The fraction of sp³-hybridized carbons (Fsp3) is 0.273. The maximum absolute atomic E-state index is 10.3. The van der Waals surface area contributed by atoms with Gasteiger partial charge in [-0.3, -0.25) is 0 Å². The second kappa shape index (κ2) is 5.14. The lowest BCUT2D eigenvalue weighted by Crippen LogP contribution is -2.19. The van der Waals surface area contributed by atoms with Gasteiger partial charge in [-0.2, -0.15) is 0 Å². The van der Waals surface area contributed by atoms with Gasteiger partial charge in [-0.05, 0) is 33.4 Å². The molecule has 0 bridgehead atoms. The minimum absolute atomic E-state index is 0.0890.